The van der Waals surface area contributed by atoms with Crippen LogP contribution in [-0.4, -0.2) is 19.6 Å². The van der Waals surface area contributed by atoms with E-state index in [1.54, 1.807) is 24.3 Å². The zero-order chi connectivity index (χ0) is 17.3. The van der Waals surface area contributed by atoms with Crippen molar-refractivity contribution in [2.24, 2.45) is 0 Å². The average Bonchev–Trinajstić information content (AvgIpc) is 2.57. The van der Waals surface area contributed by atoms with Crippen LogP contribution < -0.4 is 11.0 Å². The highest BCUT2D eigenvalue weighted by atomic mass is 35.5. The molecule has 0 spiro atoms. The number of hydrogen-bond donors (Lipinski definition) is 1. The molecule has 1 N–H and O–H groups in total. The van der Waals surface area contributed by atoms with Crippen LogP contribution in [0.1, 0.15) is 12.5 Å². The molecule has 7 heteroatoms. The summed E-state index contributed by atoms with van der Waals surface area (Å²) in [6, 6.07) is 10.6. The van der Waals surface area contributed by atoms with Gasteiger partial charge in [-0.05, 0) is 37.3 Å². The first-order valence-corrected chi connectivity index (χ1v) is 9.12. The molecular formula is C17H16ClN3O2S. The van der Waals surface area contributed by atoms with Gasteiger partial charge in [-0.25, -0.2) is 9.66 Å². The SMILES string of the molecule is CCS(=O)c1ccc(Cl)cc1Nn1cnc2ccc(C)cc2c1=O. The molecule has 0 fully saturated rings. The predicted molar refractivity (Wildman–Crippen MR) is 98.2 cm³/mol. The Balaban J connectivity index is 2.11. The third-order valence-corrected chi connectivity index (χ3v) is 5.21. The van der Waals surface area contributed by atoms with E-state index in [1.807, 2.05) is 26.0 Å². The van der Waals surface area contributed by atoms with Gasteiger partial charge in [-0.15, -0.1) is 0 Å². The smallest absolute Gasteiger partial charge is 0.280 e. The second-order valence-electron chi connectivity index (χ2n) is 5.33. The number of rotatable bonds is 4. The topological polar surface area (TPSA) is 64.0 Å². The molecule has 0 radical (unpaired) electrons. The van der Waals surface area contributed by atoms with E-state index in [0.717, 1.165) is 5.56 Å². The summed E-state index contributed by atoms with van der Waals surface area (Å²) in [6.45, 7) is 3.75. The Hall–Kier alpha value is -2.18. The van der Waals surface area contributed by atoms with E-state index in [0.29, 0.717) is 32.3 Å². The Bertz CT molecular complexity index is 1000. The van der Waals surface area contributed by atoms with E-state index in [2.05, 4.69) is 10.4 Å². The fraction of sp³-hybridized carbons (Fsp3) is 0.176. The van der Waals surface area contributed by atoms with Crippen LogP contribution in [0.5, 0.6) is 0 Å². The number of halogens is 1. The molecule has 1 atom stereocenters. The van der Waals surface area contributed by atoms with Gasteiger partial charge in [-0.3, -0.25) is 14.4 Å². The summed E-state index contributed by atoms with van der Waals surface area (Å²) in [5.41, 5.74) is 4.89. The van der Waals surface area contributed by atoms with Crippen LogP contribution in [0.25, 0.3) is 10.9 Å². The largest absolute Gasteiger partial charge is 0.289 e. The van der Waals surface area contributed by atoms with Crippen molar-refractivity contribution in [2.75, 3.05) is 11.2 Å². The Morgan fingerprint density at radius 2 is 2.04 bits per heavy atom. The van der Waals surface area contributed by atoms with E-state index < -0.39 is 10.8 Å². The van der Waals surface area contributed by atoms with E-state index in [4.69, 9.17) is 11.6 Å². The summed E-state index contributed by atoms with van der Waals surface area (Å²) >= 11 is 6.04. The maximum atomic E-state index is 12.7. The molecule has 24 heavy (non-hydrogen) atoms. The highest BCUT2D eigenvalue weighted by Crippen LogP contribution is 2.24. The number of nitrogens with one attached hydrogen (secondary N) is 1. The van der Waals surface area contributed by atoms with Crippen molar-refractivity contribution >= 4 is 39.0 Å². The zero-order valence-electron chi connectivity index (χ0n) is 13.2. The lowest BCUT2D eigenvalue weighted by Crippen LogP contribution is -2.27. The maximum absolute atomic E-state index is 12.7. The molecule has 5 nitrogen and oxygen atoms in total. The quantitative estimate of drug-likeness (QED) is 0.773. The van der Waals surface area contributed by atoms with Crippen LogP contribution in [-0.2, 0) is 10.8 Å². The molecule has 2 aromatic carbocycles. The normalized spacial score (nSPS) is 12.3. The molecule has 1 heterocycles. The van der Waals surface area contributed by atoms with E-state index in [9.17, 15) is 9.00 Å². The summed E-state index contributed by atoms with van der Waals surface area (Å²) in [6.07, 6.45) is 1.42. The minimum absolute atomic E-state index is 0.225. The summed E-state index contributed by atoms with van der Waals surface area (Å²) < 4.78 is 13.5. The van der Waals surface area contributed by atoms with Crippen molar-refractivity contribution in [3.05, 3.63) is 63.7 Å². The van der Waals surface area contributed by atoms with Crippen molar-refractivity contribution < 1.29 is 4.21 Å². The summed E-state index contributed by atoms with van der Waals surface area (Å²) in [5, 5.41) is 1.01. The van der Waals surface area contributed by atoms with Crippen LogP contribution in [0, 0.1) is 6.92 Å². The fourth-order valence-corrected chi connectivity index (χ4v) is 3.44. The molecule has 0 bridgehead atoms. The molecule has 124 valence electrons. The lowest BCUT2D eigenvalue weighted by atomic mass is 10.2. The number of nitrogens with zero attached hydrogens (tertiary/aromatic N) is 2. The number of benzene rings is 2. The minimum atomic E-state index is -1.18. The molecule has 0 amide bonds. The molecule has 0 saturated carbocycles. The first-order valence-electron chi connectivity index (χ1n) is 7.42. The summed E-state index contributed by atoms with van der Waals surface area (Å²) in [5.74, 6) is 0.473. The van der Waals surface area contributed by atoms with Crippen molar-refractivity contribution in [3.63, 3.8) is 0 Å². The van der Waals surface area contributed by atoms with E-state index in [-0.39, 0.29) is 5.56 Å². The fourth-order valence-electron chi connectivity index (χ4n) is 2.39. The van der Waals surface area contributed by atoms with Gasteiger partial charge in [0.1, 0.15) is 6.33 Å². The highest BCUT2D eigenvalue weighted by Gasteiger charge is 2.11. The van der Waals surface area contributed by atoms with Crippen molar-refractivity contribution in [1.82, 2.24) is 9.66 Å². The molecule has 3 aromatic rings. The monoisotopic (exact) mass is 361 g/mol. The molecule has 0 aliphatic rings. The van der Waals surface area contributed by atoms with Gasteiger partial charge < -0.3 is 0 Å². The van der Waals surface area contributed by atoms with Gasteiger partial charge in [0.15, 0.2) is 0 Å². The van der Waals surface area contributed by atoms with Gasteiger partial charge in [0, 0.05) is 10.8 Å². The Morgan fingerprint density at radius 3 is 2.79 bits per heavy atom. The van der Waals surface area contributed by atoms with Crippen molar-refractivity contribution in [2.45, 2.75) is 18.7 Å². The van der Waals surface area contributed by atoms with Crippen LogP contribution in [0.4, 0.5) is 5.69 Å². The van der Waals surface area contributed by atoms with Crippen LogP contribution >= 0.6 is 11.6 Å². The van der Waals surface area contributed by atoms with Crippen LogP contribution in [0.2, 0.25) is 5.02 Å². The first-order chi connectivity index (χ1) is 11.5. The van der Waals surface area contributed by atoms with Gasteiger partial charge in [-0.2, -0.15) is 0 Å². The minimum Gasteiger partial charge on any atom is -0.289 e. The Kier molecular flexibility index (Phi) is 4.69. The molecule has 3 rings (SSSR count). The average molecular weight is 362 g/mol. The van der Waals surface area contributed by atoms with Crippen molar-refractivity contribution in [3.8, 4) is 0 Å². The van der Waals surface area contributed by atoms with Gasteiger partial charge in [-0.1, -0.05) is 30.2 Å². The van der Waals surface area contributed by atoms with Crippen LogP contribution in [0.15, 0.2) is 52.4 Å². The van der Waals surface area contributed by atoms with Gasteiger partial charge >= 0.3 is 0 Å². The molecule has 0 aliphatic carbocycles. The lowest BCUT2D eigenvalue weighted by Gasteiger charge is -2.14. The van der Waals surface area contributed by atoms with Crippen molar-refractivity contribution in [1.29, 1.82) is 0 Å². The molecule has 0 saturated heterocycles. The van der Waals surface area contributed by atoms with Crippen LogP contribution in [0.3, 0.4) is 0 Å². The number of aryl methyl sites for hydroxylation is 1. The number of fused-ring (bicyclic) bond motifs is 1. The Morgan fingerprint density at radius 1 is 1.25 bits per heavy atom. The number of aromatic nitrogens is 2. The van der Waals surface area contributed by atoms with Gasteiger partial charge in [0.2, 0.25) is 0 Å². The summed E-state index contributed by atoms with van der Waals surface area (Å²) in [4.78, 5) is 17.6. The maximum Gasteiger partial charge on any atom is 0.280 e. The van der Waals surface area contributed by atoms with E-state index in [1.165, 1.54) is 11.0 Å². The third-order valence-electron chi connectivity index (χ3n) is 3.60. The molecule has 0 aliphatic heterocycles. The summed E-state index contributed by atoms with van der Waals surface area (Å²) in [7, 11) is -1.18. The first kappa shape index (κ1) is 16.7. The predicted octanol–water partition coefficient (Wildman–Crippen LogP) is 3.36. The highest BCUT2D eigenvalue weighted by molar-refractivity contribution is 7.85. The molecule has 1 unspecified atom stereocenters. The standard InChI is InChI=1S/C17H16ClN3O2S/c1-3-24(23)16-7-5-12(18)9-15(16)20-21-10-19-14-6-4-11(2)8-13(14)17(21)22/h4-10,20H,3H2,1-2H3. The number of hydrogen-bond acceptors (Lipinski definition) is 4. The second kappa shape index (κ2) is 6.75. The third kappa shape index (κ3) is 3.20. The zero-order valence-corrected chi connectivity index (χ0v) is 14.8. The second-order valence-corrected chi connectivity index (χ2v) is 7.47. The van der Waals surface area contributed by atoms with E-state index >= 15 is 0 Å². The lowest BCUT2D eigenvalue weighted by molar-refractivity contribution is 0.684. The molecular weight excluding hydrogens is 346 g/mol. The van der Waals surface area contributed by atoms with Gasteiger partial charge in [0.25, 0.3) is 5.56 Å². The Labute approximate surface area is 146 Å². The van der Waals surface area contributed by atoms with Gasteiger partial charge in [0.05, 0.1) is 32.3 Å². The number of anilines is 1. The molecule has 1 aromatic heterocycles.